The number of hydrogen-bond donors (Lipinski definition) is 1. The summed E-state index contributed by atoms with van der Waals surface area (Å²) in [4.78, 5) is 0. The zero-order chi connectivity index (χ0) is 16.4. The largest absolute Gasteiger partial charge is 0.414 e. The van der Waals surface area contributed by atoms with E-state index < -0.39 is 8.32 Å². The summed E-state index contributed by atoms with van der Waals surface area (Å²) in [5.74, 6) is 1.87. The lowest BCUT2D eigenvalue weighted by Gasteiger charge is -2.48. The average molecular weight is 327 g/mol. The fourth-order valence-electron chi connectivity index (χ4n) is 5.68. The van der Waals surface area contributed by atoms with Crippen LogP contribution in [0.5, 0.6) is 0 Å². The van der Waals surface area contributed by atoms with Crippen LogP contribution >= 0.6 is 0 Å². The van der Waals surface area contributed by atoms with Gasteiger partial charge in [-0.05, 0) is 67.0 Å². The molecule has 0 aromatic rings. The normalized spacial score (nSPS) is 37.1. The molecular weight excluding hydrogens is 288 g/mol. The molecule has 2 saturated carbocycles. The molecule has 3 heteroatoms. The van der Waals surface area contributed by atoms with Gasteiger partial charge in [0.2, 0.25) is 0 Å². The lowest BCUT2D eigenvalue weighted by molar-refractivity contribution is -0.0251. The lowest BCUT2D eigenvalue weighted by atomic mass is 9.62. The molecule has 0 aromatic heterocycles. The van der Waals surface area contributed by atoms with Crippen molar-refractivity contribution in [2.75, 3.05) is 6.61 Å². The fourth-order valence-corrected chi connectivity index (χ4v) is 8.61. The number of aliphatic hydroxyl groups is 1. The first-order valence-electron chi connectivity index (χ1n) is 9.75. The van der Waals surface area contributed by atoms with Crippen molar-refractivity contribution < 1.29 is 9.53 Å². The van der Waals surface area contributed by atoms with Crippen LogP contribution in [0.3, 0.4) is 0 Å². The van der Waals surface area contributed by atoms with E-state index in [9.17, 15) is 5.11 Å². The van der Waals surface area contributed by atoms with E-state index in [1.807, 2.05) is 0 Å². The molecule has 22 heavy (non-hydrogen) atoms. The lowest BCUT2D eigenvalue weighted by Crippen LogP contribution is -2.48. The van der Waals surface area contributed by atoms with E-state index in [0.717, 1.165) is 5.92 Å². The highest BCUT2D eigenvalue weighted by Crippen LogP contribution is 2.58. The molecule has 3 unspecified atom stereocenters. The van der Waals surface area contributed by atoms with Crippen molar-refractivity contribution in [2.24, 2.45) is 23.2 Å². The van der Waals surface area contributed by atoms with Gasteiger partial charge in [-0.3, -0.25) is 0 Å². The Kier molecular flexibility index (Phi) is 6.18. The van der Waals surface area contributed by atoms with Gasteiger partial charge in [0.1, 0.15) is 0 Å². The monoisotopic (exact) mass is 326 g/mol. The molecule has 0 spiro atoms. The summed E-state index contributed by atoms with van der Waals surface area (Å²) in [6.07, 6.45) is 7.04. The zero-order valence-corrected chi connectivity index (χ0v) is 16.5. The Morgan fingerprint density at radius 3 is 2.32 bits per heavy atom. The number of hydrogen-bond acceptors (Lipinski definition) is 2. The molecule has 2 aliphatic rings. The molecule has 130 valence electrons. The second-order valence-corrected chi connectivity index (χ2v) is 13.0. The average Bonchev–Trinajstić information content (AvgIpc) is 2.90. The third kappa shape index (κ3) is 3.18. The highest BCUT2D eigenvalue weighted by molar-refractivity contribution is 6.73. The van der Waals surface area contributed by atoms with Gasteiger partial charge in [0.15, 0.2) is 8.32 Å². The number of fused-ring (bicyclic) bond motifs is 1. The van der Waals surface area contributed by atoms with Crippen LogP contribution in [-0.2, 0) is 4.43 Å². The fraction of sp³-hybridized carbons (Fsp3) is 1.00. The van der Waals surface area contributed by atoms with E-state index in [2.05, 4.69) is 34.6 Å². The highest BCUT2D eigenvalue weighted by atomic mass is 28.4. The molecule has 2 fully saturated rings. The maximum Gasteiger partial charge on any atom is 0.192 e. The van der Waals surface area contributed by atoms with Crippen LogP contribution in [-0.4, -0.2) is 26.1 Å². The van der Waals surface area contributed by atoms with Crippen molar-refractivity contribution in [1.29, 1.82) is 0 Å². The number of rotatable bonds is 7. The third-order valence-corrected chi connectivity index (χ3v) is 12.1. The molecule has 0 heterocycles. The summed E-state index contributed by atoms with van der Waals surface area (Å²) in [5.41, 5.74) is 0.403. The molecule has 2 aliphatic carbocycles. The minimum Gasteiger partial charge on any atom is -0.414 e. The van der Waals surface area contributed by atoms with Gasteiger partial charge in [-0.2, -0.15) is 0 Å². The van der Waals surface area contributed by atoms with E-state index in [4.69, 9.17) is 4.43 Å². The Hall–Kier alpha value is 0.137. The van der Waals surface area contributed by atoms with Crippen LogP contribution in [0.15, 0.2) is 0 Å². The second-order valence-electron chi connectivity index (χ2n) is 8.25. The van der Waals surface area contributed by atoms with Gasteiger partial charge in [-0.15, -0.1) is 0 Å². The topological polar surface area (TPSA) is 29.5 Å². The molecular formula is C19H38O2Si. The van der Waals surface area contributed by atoms with Crippen LogP contribution in [0.2, 0.25) is 18.1 Å². The van der Waals surface area contributed by atoms with Gasteiger partial charge in [-0.1, -0.05) is 41.0 Å². The molecule has 1 N–H and O–H groups in total. The van der Waals surface area contributed by atoms with Crippen LogP contribution in [0.1, 0.15) is 66.7 Å². The van der Waals surface area contributed by atoms with E-state index in [1.165, 1.54) is 50.2 Å². The van der Waals surface area contributed by atoms with Crippen LogP contribution in [0.25, 0.3) is 0 Å². The van der Waals surface area contributed by atoms with E-state index in [1.54, 1.807) is 0 Å². The van der Waals surface area contributed by atoms with Crippen molar-refractivity contribution in [3.63, 3.8) is 0 Å². The van der Waals surface area contributed by atoms with E-state index >= 15 is 0 Å². The zero-order valence-electron chi connectivity index (χ0n) is 15.5. The quantitative estimate of drug-likeness (QED) is 0.650. The molecule has 0 amide bonds. The minimum absolute atomic E-state index is 0.343. The van der Waals surface area contributed by atoms with E-state index in [0.29, 0.717) is 30.0 Å². The van der Waals surface area contributed by atoms with Crippen molar-refractivity contribution in [3.05, 3.63) is 0 Å². The predicted octanol–water partition coefficient (Wildman–Crippen LogP) is 5.22. The van der Waals surface area contributed by atoms with Crippen molar-refractivity contribution in [3.8, 4) is 0 Å². The highest BCUT2D eigenvalue weighted by Gasteiger charge is 2.53. The summed E-state index contributed by atoms with van der Waals surface area (Å²) in [6, 6.07) is 3.78. The molecule has 0 aromatic carbocycles. The van der Waals surface area contributed by atoms with Crippen LogP contribution < -0.4 is 0 Å². The van der Waals surface area contributed by atoms with Gasteiger partial charge in [0.25, 0.3) is 0 Å². The Morgan fingerprint density at radius 2 is 1.77 bits per heavy atom. The first kappa shape index (κ1) is 18.5. The van der Waals surface area contributed by atoms with E-state index in [-0.39, 0.29) is 0 Å². The Bertz CT molecular complexity index is 347. The summed E-state index contributed by atoms with van der Waals surface area (Å²) >= 11 is 0. The molecule has 2 nitrogen and oxygen atoms in total. The Labute approximate surface area is 139 Å². The molecule has 0 aliphatic heterocycles. The maximum atomic E-state index is 9.64. The molecule has 0 bridgehead atoms. The maximum absolute atomic E-state index is 9.64. The van der Waals surface area contributed by atoms with Gasteiger partial charge >= 0.3 is 0 Å². The Morgan fingerprint density at radius 1 is 1.14 bits per heavy atom. The third-order valence-electron chi connectivity index (χ3n) is 7.44. The molecule has 0 radical (unpaired) electrons. The van der Waals surface area contributed by atoms with Gasteiger partial charge in [0.05, 0.1) is 0 Å². The molecule has 2 rings (SSSR count). The molecule has 0 saturated heterocycles. The SMILES string of the molecule is CC[Si](CC)(CC)OC1CCC[C@@]2(C)C1CCC2[C@H](C)CO. The Balaban J connectivity index is 2.16. The number of aliphatic hydroxyl groups excluding tert-OH is 1. The van der Waals surface area contributed by atoms with Crippen molar-refractivity contribution in [2.45, 2.75) is 91.0 Å². The minimum atomic E-state index is -1.50. The standard InChI is InChI=1S/C19H38O2Si/c1-6-22(7-2,8-3)21-18-10-9-13-19(5)16(15(4)14-20)11-12-17(18)19/h15-18,20H,6-14H2,1-5H3/t15-,16?,17?,18?,19-/m1/s1. The first-order valence-corrected chi connectivity index (χ1v) is 12.3. The smallest absolute Gasteiger partial charge is 0.192 e. The summed E-state index contributed by atoms with van der Waals surface area (Å²) in [5, 5.41) is 9.64. The first-order chi connectivity index (χ1) is 10.5. The molecule has 5 atom stereocenters. The summed E-state index contributed by atoms with van der Waals surface area (Å²) in [6.45, 7) is 12.1. The van der Waals surface area contributed by atoms with Gasteiger partial charge in [0, 0.05) is 12.7 Å². The second kappa shape index (κ2) is 7.35. The predicted molar refractivity (Wildman–Crippen MR) is 96.5 cm³/mol. The van der Waals surface area contributed by atoms with Gasteiger partial charge < -0.3 is 9.53 Å². The van der Waals surface area contributed by atoms with Crippen LogP contribution in [0.4, 0.5) is 0 Å². The summed E-state index contributed by atoms with van der Waals surface area (Å²) < 4.78 is 6.94. The summed E-state index contributed by atoms with van der Waals surface area (Å²) in [7, 11) is -1.50. The van der Waals surface area contributed by atoms with Gasteiger partial charge in [-0.25, -0.2) is 0 Å². The van der Waals surface area contributed by atoms with Crippen molar-refractivity contribution in [1.82, 2.24) is 0 Å². The van der Waals surface area contributed by atoms with Crippen molar-refractivity contribution >= 4 is 8.32 Å². The van der Waals surface area contributed by atoms with Crippen LogP contribution in [0, 0.1) is 23.2 Å².